The Balaban J connectivity index is 3.06. The van der Waals surface area contributed by atoms with Gasteiger partial charge in [-0.3, -0.25) is 0 Å². The van der Waals surface area contributed by atoms with Gasteiger partial charge in [0.05, 0.1) is 5.56 Å². The van der Waals surface area contributed by atoms with Gasteiger partial charge < -0.3 is 5.32 Å². The molecule has 0 spiro atoms. The molecule has 1 aromatic rings. The second kappa shape index (κ2) is 3.86. The Morgan fingerprint density at radius 1 is 1.29 bits per heavy atom. The molecule has 78 valence electrons. The highest BCUT2D eigenvalue weighted by Gasteiger charge is 2.30. The molecule has 1 nitrogen and oxygen atoms in total. The Morgan fingerprint density at radius 2 is 1.93 bits per heavy atom. The van der Waals surface area contributed by atoms with Gasteiger partial charge in [0.25, 0.3) is 0 Å². The molecule has 0 saturated carbocycles. The molecule has 1 aromatic carbocycles. The molecule has 0 N–H and O–H groups in total. The van der Waals surface area contributed by atoms with E-state index in [9.17, 15) is 17.6 Å². The van der Waals surface area contributed by atoms with E-state index in [0.717, 1.165) is 6.07 Å². The number of nitrogens with zero attached hydrogens (tertiary/aromatic N) is 1. The summed E-state index contributed by atoms with van der Waals surface area (Å²) in [6.07, 6.45) is -4.45. The van der Waals surface area contributed by atoms with E-state index in [1.807, 2.05) is 0 Å². The summed E-state index contributed by atoms with van der Waals surface area (Å²) in [4.78, 5) is 0. The minimum atomic E-state index is -4.45. The lowest BCUT2D eigenvalue weighted by atomic mass is 10.2. The van der Waals surface area contributed by atoms with Gasteiger partial charge in [-0.25, -0.2) is 4.39 Å². The zero-order valence-corrected chi connectivity index (χ0v) is 7.40. The molecule has 0 amide bonds. The number of benzene rings is 1. The molecule has 14 heavy (non-hydrogen) atoms. The average molecular weight is 206 g/mol. The van der Waals surface area contributed by atoms with Crippen molar-refractivity contribution in [2.45, 2.75) is 13.1 Å². The monoisotopic (exact) mass is 206 g/mol. The van der Waals surface area contributed by atoms with Crippen LogP contribution in [0, 0.1) is 5.82 Å². The second-order valence-electron chi connectivity index (χ2n) is 2.64. The van der Waals surface area contributed by atoms with Gasteiger partial charge in [-0.15, -0.1) is 12.2 Å². The maximum absolute atomic E-state index is 12.9. The fraction of sp³-hybridized carbons (Fsp3) is 0.333. The van der Waals surface area contributed by atoms with Gasteiger partial charge in [-0.1, -0.05) is 13.0 Å². The van der Waals surface area contributed by atoms with Crippen LogP contribution in [-0.4, -0.2) is 6.54 Å². The molecular formula is C9H8F4N-. The normalized spacial score (nSPS) is 11.5. The molecule has 0 aliphatic heterocycles. The van der Waals surface area contributed by atoms with Crippen molar-refractivity contribution in [2.24, 2.45) is 0 Å². The SMILES string of the molecule is CC[N-]c1cc(C(F)(F)F)ccc1F. The minimum absolute atomic E-state index is 0.248. The maximum Gasteiger partial charge on any atom is 0.416 e. The molecule has 0 unspecified atom stereocenters. The minimum Gasteiger partial charge on any atom is -0.682 e. The number of rotatable bonds is 2. The zero-order chi connectivity index (χ0) is 10.8. The van der Waals surface area contributed by atoms with E-state index >= 15 is 0 Å². The van der Waals surface area contributed by atoms with Crippen LogP contribution in [-0.2, 0) is 6.18 Å². The summed E-state index contributed by atoms with van der Waals surface area (Å²) in [5.41, 5.74) is -1.13. The molecule has 0 aromatic heterocycles. The maximum atomic E-state index is 12.9. The molecule has 0 bridgehead atoms. The van der Waals surface area contributed by atoms with Crippen molar-refractivity contribution in [2.75, 3.05) is 6.54 Å². The van der Waals surface area contributed by atoms with Crippen molar-refractivity contribution in [3.8, 4) is 0 Å². The Labute approximate surface area is 78.7 Å². The van der Waals surface area contributed by atoms with Crippen molar-refractivity contribution in [1.29, 1.82) is 0 Å². The van der Waals surface area contributed by atoms with Crippen molar-refractivity contribution in [1.82, 2.24) is 0 Å². The van der Waals surface area contributed by atoms with Gasteiger partial charge in [0.1, 0.15) is 5.82 Å². The van der Waals surface area contributed by atoms with Crippen molar-refractivity contribution >= 4 is 5.69 Å². The van der Waals surface area contributed by atoms with Gasteiger partial charge in [-0.2, -0.15) is 13.2 Å². The lowest BCUT2D eigenvalue weighted by Crippen LogP contribution is -2.04. The predicted molar refractivity (Wildman–Crippen MR) is 45.0 cm³/mol. The molecule has 0 heterocycles. The lowest BCUT2D eigenvalue weighted by molar-refractivity contribution is -0.137. The Kier molecular flexibility index (Phi) is 2.98. The number of hydrogen-bond acceptors (Lipinski definition) is 0. The van der Waals surface area contributed by atoms with E-state index in [1.54, 1.807) is 6.92 Å². The first kappa shape index (κ1) is 10.8. The second-order valence-corrected chi connectivity index (χ2v) is 2.64. The third-order valence-electron chi connectivity index (χ3n) is 1.60. The van der Waals surface area contributed by atoms with Crippen LogP contribution in [0.2, 0.25) is 0 Å². The van der Waals surface area contributed by atoms with Crippen LogP contribution < -0.4 is 0 Å². The molecule has 0 saturated heterocycles. The Bertz CT molecular complexity index is 319. The topological polar surface area (TPSA) is 14.1 Å². The largest absolute Gasteiger partial charge is 0.682 e. The number of alkyl halides is 3. The fourth-order valence-corrected chi connectivity index (χ4v) is 0.981. The molecule has 0 fully saturated rings. The van der Waals surface area contributed by atoms with Crippen molar-refractivity contribution < 1.29 is 17.6 Å². The summed E-state index contributed by atoms with van der Waals surface area (Å²) in [7, 11) is 0. The highest BCUT2D eigenvalue weighted by atomic mass is 19.4. The number of hydrogen-bond donors (Lipinski definition) is 0. The first-order valence-electron chi connectivity index (χ1n) is 3.99. The molecule has 5 heteroatoms. The van der Waals surface area contributed by atoms with Gasteiger partial charge in [0, 0.05) is 0 Å². The quantitative estimate of drug-likeness (QED) is 0.652. The molecule has 0 atom stereocenters. The molecule has 0 aliphatic rings. The van der Waals surface area contributed by atoms with Gasteiger partial charge in [0.15, 0.2) is 0 Å². The van der Waals surface area contributed by atoms with Crippen LogP contribution in [0.5, 0.6) is 0 Å². The molecule has 0 aliphatic carbocycles. The fourth-order valence-electron chi connectivity index (χ4n) is 0.981. The average Bonchev–Trinajstić information content (AvgIpc) is 2.07. The van der Waals surface area contributed by atoms with Crippen LogP contribution in [0.1, 0.15) is 12.5 Å². The van der Waals surface area contributed by atoms with E-state index in [4.69, 9.17) is 0 Å². The van der Waals surface area contributed by atoms with E-state index < -0.39 is 17.6 Å². The summed E-state index contributed by atoms with van der Waals surface area (Å²) >= 11 is 0. The van der Waals surface area contributed by atoms with Crippen LogP contribution in [0.25, 0.3) is 5.32 Å². The van der Waals surface area contributed by atoms with Crippen molar-refractivity contribution in [3.63, 3.8) is 0 Å². The van der Waals surface area contributed by atoms with E-state index in [-0.39, 0.29) is 12.2 Å². The van der Waals surface area contributed by atoms with Crippen LogP contribution in [0.3, 0.4) is 0 Å². The summed E-state index contributed by atoms with van der Waals surface area (Å²) < 4.78 is 49.4. The Morgan fingerprint density at radius 3 is 2.43 bits per heavy atom. The summed E-state index contributed by atoms with van der Waals surface area (Å²) in [5, 5.41) is 3.61. The van der Waals surface area contributed by atoms with Crippen LogP contribution in [0.15, 0.2) is 18.2 Å². The number of halogens is 4. The third kappa shape index (κ3) is 2.37. The predicted octanol–water partition coefficient (Wildman–Crippen LogP) is 3.87. The van der Waals surface area contributed by atoms with Crippen molar-refractivity contribution in [3.05, 3.63) is 34.9 Å². The lowest BCUT2D eigenvalue weighted by Gasteiger charge is -2.20. The highest BCUT2D eigenvalue weighted by Crippen LogP contribution is 2.33. The zero-order valence-electron chi connectivity index (χ0n) is 7.40. The van der Waals surface area contributed by atoms with E-state index in [0.29, 0.717) is 12.1 Å². The van der Waals surface area contributed by atoms with Gasteiger partial charge in [0.2, 0.25) is 0 Å². The Hall–Kier alpha value is -1.26. The van der Waals surface area contributed by atoms with E-state index in [1.165, 1.54) is 0 Å². The van der Waals surface area contributed by atoms with Gasteiger partial charge in [-0.05, 0) is 12.1 Å². The molecule has 1 rings (SSSR count). The summed E-state index contributed by atoms with van der Waals surface area (Å²) in [5.74, 6) is -0.736. The smallest absolute Gasteiger partial charge is 0.416 e. The third-order valence-corrected chi connectivity index (χ3v) is 1.60. The standard InChI is InChI=1S/C9H8F4N/c1-2-14-8-5-6(9(11,12)13)3-4-7(8)10/h3-5H,2H2,1H3/q-1. The summed E-state index contributed by atoms with van der Waals surface area (Å²) in [6, 6.07) is 2.18. The molecule has 0 radical (unpaired) electrons. The first-order chi connectivity index (χ1) is 6.45. The van der Waals surface area contributed by atoms with Gasteiger partial charge >= 0.3 is 6.18 Å². The highest BCUT2D eigenvalue weighted by molar-refractivity contribution is 5.52. The molecular weight excluding hydrogens is 198 g/mol. The van der Waals surface area contributed by atoms with Crippen LogP contribution >= 0.6 is 0 Å². The van der Waals surface area contributed by atoms with Crippen LogP contribution in [0.4, 0.5) is 23.2 Å². The van der Waals surface area contributed by atoms with E-state index in [2.05, 4.69) is 5.32 Å². The summed E-state index contributed by atoms with van der Waals surface area (Å²) in [6.45, 7) is 1.87. The first-order valence-corrected chi connectivity index (χ1v) is 3.99.